The number of pyridine rings is 1. The van der Waals surface area contributed by atoms with Crippen molar-refractivity contribution in [2.24, 2.45) is 0 Å². The molecular weight excluding hydrogens is 280 g/mol. The molecule has 1 aromatic carbocycles. The molecule has 0 bridgehead atoms. The first-order valence-corrected chi connectivity index (χ1v) is 7.36. The van der Waals surface area contributed by atoms with Crippen LogP contribution < -0.4 is 5.46 Å². The fraction of sp³-hybridized carbons (Fsp3) is 0.353. The molecule has 114 valence electrons. The molecule has 1 fully saturated rings. The molecule has 1 aliphatic rings. The molecule has 2 heterocycles. The molecule has 0 amide bonds. The normalized spacial score (nSPS) is 19.4. The van der Waals surface area contributed by atoms with E-state index in [-0.39, 0.29) is 5.82 Å². The Morgan fingerprint density at radius 1 is 1.00 bits per heavy atom. The first kappa shape index (κ1) is 15.2. The van der Waals surface area contributed by atoms with E-state index in [1.54, 1.807) is 30.6 Å². The van der Waals surface area contributed by atoms with Gasteiger partial charge in [0.25, 0.3) is 0 Å². The minimum absolute atomic E-state index is 0.268. The molecule has 1 aliphatic heterocycles. The lowest BCUT2D eigenvalue weighted by Crippen LogP contribution is -2.41. The van der Waals surface area contributed by atoms with E-state index in [2.05, 4.69) is 4.98 Å². The van der Waals surface area contributed by atoms with Crippen molar-refractivity contribution in [2.45, 2.75) is 38.9 Å². The van der Waals surface area contributed by atoms with Crippen LogP contribution in [0, 0.1) is 5.82 Å². The Bertz CT molecular complexity index is 687. The maximum atomic E-state index is 13.9. The van der Waals surface area contributed by atoms with E-state index in [1.165, 1.54) is 6.07 Å². The standard InChI is InChI=1S/C17H19BFNO2/c1-16(2)17(3,4)22-18(21-16)13-9-12(10-20-11-13)14-7-5-6-8-15(14)19/h5-11H,1-4H3. The topological polar surface area (TPSA) is 31.4 Å². The quantitative estimate of drug-likeness (QED) is 0.798. The Balaban J connectivity index is 1.95. The summed E-state index contributed by atoms with van der Waals surface area (Å²) in [6.07, 6.45) is 3.35. The van der Waals surface area contributed by atoms with Crippen molar-refractivity contribution < 1.29 is 13.7 Å². The van der Waals surface area contributed by atoms with Gasteiger partial charge >= 0.3 is 7.12 Å². The van der Waals surface area contributed by atoms with Crippen LogP contribution in [0.2, 0.25) is 0 Å². The molecule has 22 heavy (non-hydrogen) atoms. The van der Waals surface area contributed by atoms with E-state index in [4.69, 9.17) is 9.31 Å². The molecule has 0 atom stereocenters. The van der Waals surface area contributed by atoms with Crippen molar-refractivity contribution in [2.75, 3.05) is 0 Å². The van der Waals surface area contributed by atoms with Gasteiger partial charge in [0.05, 0.1) is 11.2 Å². The van der Waals surface area contributed by atoms with Crippen LogP contribution in [0.4, 0.5) is 4.39 Å². The van der Waals surface area contributed by atoms with E-state index < -0.39 is 18.3 Å². The average molecular weight is 299 g/mol. The van der Waals surface area contributed by atoms with E-state index in [0.29, 0.717) is 11.1 Å². The number of nitrogens with zero attached hydrogens (tertiary/aromatic N) is 1. The van der Waals surface area contributed by atoms with Crippen molar-refractivity contribution in [3.05, 3.63) is 48.5 Å². The number of aromatic nitrogens is 1. The first-order valence-electron chi connectivity index (χ1n) is 7.36. The van der Waals surface area contributed by atoms with Crippen molar-refractivity contribution >= 4 is 12.6 Å². The Morgan fingerprint density at radius 2 is 1.64 bits per heavy atom. The summed E-state index contributed by atoms with van der Waals surface area (Å²) in [5.74, 6) is -0.268. The third-order valence-corrected chi connectivity index (χ3v) is 4.47. The lowest BCUT2D eigenvalue weighted by molar-refractivity contribution is 0.00578. The van der Waals surface area contributed by atoms with Crippen LogP contribution in [0.5, 0.6) is 0 Å². The van der Waals surface area contributed by atoms with E-state index >= 15 is 0 Å². The zero-order valence-corrected chi connectivity index (χ0v) is 13.3. The molecule has 3 rings (SSSR count). The van der Waals surface area contributed by atoms with Gasteiger partial charge in [-0.3, -0.25) is 4.98 Å². The summed E-state index contributed by atoms with van der Waals surface area (Å²) in [6, 6.07) is 8.52. The number of rotatable bonds is 2. The average Bonchev–Trinajstić information content (AvgIpc) is 2.68. The van der Waals surface area contributed by atoms with Gasteiger partial charge in [-0.2, -0.15) is 0 Å². The fourth-order valence-electron chi connectivity index (χ4n) is 2.41. The molecule has 1 aromatic heterocycles. The maximum Gasteiger partial charge on any atom is 0.496 e. The number of hydrogen-bond donors (Lipinski definition) is 0. The number of benzene rings is 1. The highest BCUT2D eigenvalue weighted by Gasteiger charge is 2.51. The second-order valence-electron chi connectivity index (χ2n) is 6.58. The Kier molecular flexibility index (Phi) is 3.58. The SMILES string of the molecule is CC1(C)OB(c2cncc(-c3ccccc3F)c2)OC1(C)C. The number of hydrogen-bond acceptors (Lipinski definition) is 3. The van der Waals surface area contributed by atoms with Crippen LogP contribution in [0.1, 0.15) is 27.7 Å². The summed E-state index contributed by atoms with van der Waals surface area (Å²) >= 11 is 0. The second kappa shape index (κ2) is 5.18. The molecule has 0 unspecified atom stereocenters. The largest absolute Gasteiger partial charge is 0.496 e. The van der Waals surface area contributed by atoms with Gasteiger partial charge < -0.3 is 9.31 Å². The summed E-state index contributed by atoms with van der Waals surface area (Å²) < 4.78 is 26.0. The van der Waals surface area contributed by atoms with Crippen LogP contribution in [0.3, 0.4) is 0 Å². The highest BCUT2D eigenvalue weighted by atomic mass is 19.1. The molecule has 0 radical (unpaired) electrons. The molecule has 2 aromatic rings. The molecule has 0 N–H and O–H groups in total. The number of halogens is 1. The first-order chi connectivity index (χ1) is 10.3. The van der Waals surface area contributed by atoms with Crippen LogP contribution in [-0.2, 0) is 9.31 Å². The third-order valence-electron chi connectivity index (χ3n) is 4.47. The molecule has 0 aliphatic carbocycles. The highest BCUT2D eigenvalue weighted by molar-refractivity contribution is 6.62. The van der Waals surface area contributed by atoms with Gasteiger partial charge in [-0.15, -0.1) is 0 Å². The van der Waals surface area contributed by atoms with E-state index in [0.717, 1.165) is 5.46 Å². The minimum Gasteiger partial charge on any atom is -0.399 e. The third kappa shape index (κ3) is 2.55. The highest BCUT2D eigenvalue weighted by Crippen LogP contribution is 2.36. The van der Waals surface area contributed by atoms with Crippen LogP contribution in [0.25, 0.3) is 11.1 Å². The zero-order chi connectivity index (χ0) is 16.0. The minimum atomic E-state index is -0.496. The van der Waals surface area contributed by atoms with E-state index in [9.17, 15) is 4.39 Å². The molecule has 1 saturated heterocycles. The lowest BCUT2D eigenvalue weighted by Gasteiger charge is -2.32. The summed E-state index contributed by atoms with van der Waals surface area (Å²) in [6.45, 7) is 8.00. The van der Waals surface area contributed by atoms with Crippen molar-refractivity contribution in [3.63, 3.8) is 0 Å². The molecule has 0 saturated carbocycles. The van der Waals surface area contributed by atoms with Gasteiger partial charge in [0.1, 0.15) is 5.82 Å². The van der Waals surface area contributed by atoms with Crippen molar-refractivity contribution in [1.82, 2.24) is 4.98 Å². The molecule has 0 spiro atoms. The summed E-state index contributed by atoms with van der Waals surface area (Å²) in [7, 11) is -0.496. The molecule has 5 heteroatoms. The van der Waals surface area contributed by atoms with Crippen molar-refractivity contribution in [1.29, 1.82) is 0 Å². The molecular formula is C17H19BFNO2. The van der Waals surface area contributed by atoms with Gasteiger partial charge in [0.15, 0.2) is 0 Å². The van der Waals surface area contributed by atoms with E-state index in [1.807, 2.05) is 33.8 Å². The van der Waals surface area contributed by atoms with Crippen LogP contribution in [0.15, 0.2) is 42.7 Å². The summed E-state index contributed by atoms with van der Waals surface area (Å²) in [4.78, 5) is 4.22. The smallest absolute Gasteiger partial charge is 0.399 e. The lowest BCUT2D eigenvalue weighted by atomic mass is 9.79. The Morgan fingerprint density at radius 3 is 2.27 bits per heavy atom. The summed E-state index contributed by atoms with van der Waals surface area (Å²) in [5.41, 5.74) is 1.20. The van der Waals surface area contributed by atoms with Gasteiger partial charge in [0.2, 0.25) is 0 Å². The van der Waals surface area contributed by atoms with Crippen LogP contribution in [-0.4, -0.2) is 23.3 Å². The monoisotopic (exact) mass is 299 g/mol. The summed E-state index contributed by atoms with van der Waals surface area (Å²) in [5, 5.41) is 0. The van der Waals surface area contributed by atoms with Gasteiger partial charge in [-0.05, 0) is 33.8 Å². The Labute approximate surface area is 130 Å². The van der Waals surface area contributed by atoms with Crippen LogP contribution >= 0.6 is 0 Å². The molecule has 3 nitrogen and oxygen atoms in total. The van der Waals surface area contributed by atoms with Gasteiger partial charge in [-0.1, -0.05) is 24.3 Å². The Hall–Kier alpha value is -1.72. The predicted molar refractivity (Wildman–Crippen MR) is 85.3 cm³/mol. The van der Waals surface area contributed by atoms with Gasteiger partial charge in [0, 0.05) is 29.0 Å². The second-order valence-corrected chi connectivity index (χ2v) is 6.58. The van der Waals surface area contributed by atoms with Gasteiger partial charge in [-0.25, -0.2) is 4.39 Å². The predicted octanol–water partition coefficient (Wildman–Crippen LogP) is 3.19. The fourth-order valence-corrected chi connectivity index (χ4v) is 2.41. The zero-order valence-electron chi connectivity index (χ0n) is 13.3. The maximum absolute atomic E-state index is 13.9. The van der Waals surface area contributed by atoms with Crippen molar-refractivity contribution in [3.8, 4) is 11.1 Å².